The third kappa shape index (κ3) is 4.70. The minimum absolute atomic E-state index is 0.0605. The van der Waals surface area contributed by atoms with E-state index in [1.54, 1.807) is 6.92 Å². The lowest BCUT2D eigenvalue weighted by molar-refractivity contribution is -0.154. The summed E-state index contributed by atoms with van der Waals surface area (Å²) in [6, 6.07) is 0. The second-order valence-corrected chi connectivity index (χ2v) is 10.0. The van der Waals surface area contributed by atoms with E-state index in [0.717, 1.165) is 4.80 Å². The van der Waals surface area contributed by atoms with Crippen LogP contribution < -0.4 is 0 Å². The van der Waals surface area contributed by atoms with E-state index in [-0.39, 0.29) is 29.9 Å². The smallest absolute Gasteiger partial charge is 0.277 e. The van der Waals surface area contributed by atoms with Crippen LogP contribution in [0.1, 0.15) is 32.5 Å². The molecule has 2 saturated heterocycles. The van der Waals surface area contributed by atoms with E-state index in [4.69, 9.17) is 4.74 Å². The highest BCUT2D eigenvalue weighted by Gasteiger charge is 2.42. The van der Waals surface area contributed by atoms with Crippen LogP contribution in [0.15, 0.2) is 4.36 Å². The second-order valence-electron chi connectivity index (χ2n) is 7.48. The van der Waals surface area contributed by atoms with E-state index in [0.29, 0.717) is 38.4 Å². The topological polar surface area (TPSA) is 120 Å². The number of hydrogen-bond acceptors (Lipinski definition) is 7. The zero-order chi connectivity index (χ0) is 19.7. The number of carbonyl (C=O) groups is 2. The molecule has 2 aliphatic rings. The Morgan fingerprint density at radius 1 is 1.33 bits per heavy atom. The molecule has 0 bridgehead atoms. The minimum atomic E-state index is -2.63. The molecule has 3 heterocycles. The van der Waals surface area contributed by atoms with Gasteiger partial charge in [0.1, 0.15) is 6.54 Å². The van der Waals surface area contributed by atoms with Crippen LogP contribution in [0.2, 0.25) is 0 Å². The Hall–Kier alpha value is -1.88. The molecule has 0 radical (unpaired) electrons. The van der Waals surface area contributed by atoms with Crippen LogP contribution in [0.25, 0.3) is 0 Å². The molecule has 0 aliphatic carbocycles. The number of carbonyl (C=O) groups excluding carboxylic acids is 2. The SMILES string of the molecule is Cc1nnn(CC(=O)N=S2(=O)CCC3(CC2)CN(C(=O)C(C)C)CCO3)n1. The van der Waals surface area contributed by atoms with Gasteiger partial charge in [0, 0.05) is 30.5 Å². The van der Waals surface area contributed by atoms with Crippen molar-refractivity contribution in [2.75, 3.05) is 31.2 Å². The molecular weight excluding hydrogens is 372 g/mol. The summed E-state index contributed by atoms with van der Waals surface area (Å²) >= 11 is 0. The van der Waals surface area contributed by atoms with Crippen molar-refractivity contribution in [1.29, 1.82) is 0 Å². The molecule has 0 unspecified atom stereocenters. The first-order valence-corrected chi connectivity index (χ1v) is 11.0. The fraction of sp³-hybridized carbons (Fsp3) is 0.812. The molecule has 2 aliphatic heterocycles. The Labute approximate surface area is 158 Å². The average molecular weight is 398 g/mol. The van der Waals surface area contributed by atoms with Crippen LogP contribution in [-0.4, -0.2) is 77.9 Å². The quantitative estimate of drug-likeness (QED) is 0.704. The van der Waals surface area contributed by atoms with E-state index in [1.807, 2.05) is 18.7 Å². The summed E-state index contributed by atoms with van der Waals surface area (Å²) in [5, 5.41) is 11.4. The van der Waals surface area contributed by atoms with Crippen molar-refractivity contribution in [2.45, 2.75) is 45.8 Å². The Morgan fingerprint density at radius 2 is 2.04 bits per heavy atom. The fourth-order valence-electron chi connectivity index (χ4n) is 3.44. The van der Waals surface area contributed by atoms with Crippen LogP contribution in [-0.2, 0) is 30.6 Å². The van der Waals surface area contributed by atoms with Crippen LogP contribution in [0.5, 0.6) is 0 Å². The van der Waals surface area contributed by atoms with Gasteiger partial charge in [-0.05, 0) is 25.0 Å². The molecule has 1 aromatic rings. The number of morpholine rings is 1. The summed E-state index contributed by atoms with van der Waals surface area (Å²) < 4.78 is 22.9. The van der Waals surface area contributed by atoms with E-state index < -0.39 is 21.2 Å². The number of tetrazole rings is 1. The highest BCUT2D eigenvalue weighted by Crippen LogP contribution is 2.32. The van der Waals surface area contributed by atoms with Crippen LogP contribution in [0, 0.1) is 12.8 Å². The first kappa shape index (κ1) is 19.9. The Balaban J connectivity index is 1.63. The monoisotopic (exact) mass is 398 g/mol. The van der Waals surface area contributed by atoms with E-state index in [9.17, 15) is 13.8 Å². The number of nitrogens with zero attached hydrogens (tertiary/aromatic N) is 6. The maximum absolute atomic E-state index is 13.0. The van der Waals surface area contributed by atoms with Gasteiger partial charge in [-0.1, -0.05) is 13.8 Å². The van der Waals surface area contributed by atoms with Crippen molar-refractivity contribution >= 4 is 21.5 Å². The first-order chi connectivity index (χ1) is 12.7. The van der Waals surface area contributed by atoms with Gasteiger partial charge in [0.25, 0.3) is 5.91 Å². The van der Waals surface area contributed by atoms with Crippen molar-refractivity contribution in [2.24, 2.45) is 10.3 Å². The molecule has 150 valence electrons. The van der Waals surface area contributed by atoms with Crippen molar-refractivity contribution in [3.8, 4) is 0 Å². The zero-order valence-corrected chi connectivity index (χ0v) is 16.8. The lowest BCUT2D eigenvalue weighted by atomic mass is 9.93. The van der Waals surface area contributed by atoms with Gasteiger partial charge in [-0.3, -0.25) is 9.59 Å². The number of hydrogen-bond donors (Lipinski definition) is 0. The van der Waals surface area contributed by atoms with E-state index in [2.05, 4.69) is 19.8 Å². The average Bonchev–Trinajstić information content (AvgIpc) is 3.02. The van der Waals surface area contributed by atoms with Gasteiger partial charge < -0.3 is 9.64 Å². The fourth-order valence-corrected chi connectivity index (χ4v) is 5.63. The molecule has 1 spiro atoms. The first-order valence-electron chi connectivity index (χ1n) is 9.13. The van der Waals surface area contributed by atoms with Gasteiger partial charge in [-0.25, -0.2) is 4.21 Å². The normalized spacial score (nSPS) is 28.5. The summed E-state index contributed by atoms with van der Waals surface area (Å²) in [5.41, 5.74) is -0.479. The van der Waals surface area contributed by atoms with Gasteiger partial charge in [0.15, 0.2) is 5.82 Å². The highest BCUT2D eigenvalue weighted by atomic mass is 32.2. The molecular formula is C16H26N6O4S. The van der Waals surface area contributed by atoms with Crippen molar-refractivity contribution in [3.63, 3.8) is 0 Å². The maximum atomic E-state index is 13.0. The Bertz CT molecular complexity index is 828. The summed E-state index contributed by atoms with van der Waals surface area (Å²) in [6.45, 7) is 6.84. The summed E-state index contributed by atoms with van der Waals surface area (Å²) in [7, 11) is -2.63. The second kappa shape index (κ2) is 7.63. The summed E-state index contributed by atoms with van der Waals surface area (Å²) in [4.78, 5) is 27.4. The largest absolute Gasteiger partial charge is 0.371 e. The number of aromatic nitrogens is 4. The molecule has 2 amide bonds. The van der Waals surface area contributed by atoms with Crippen molar-refractivity contribution < 1.29 is 18.5 Å². The predicted octanol–water partition coefficient (Wildman–Crippen LogP) is 0.0235. The van der Waals surface area contributed by atoms with Gasteiger partial charge >= 0.3 is 0 Å². The number of amides is 2. The lowest BCUT2D eigenvalue weighted by Gasteiger charge is -2.45. The Morgan fingerprint density at radius 3 is 2.63 bits per heavy atom. The van der Waals surface area contributed by atoms with Gasteiger partial charge in [0.2, 0.25) is 5.91 Å². The maximum Gasteiger partial charge on any atom is 0.277 e. The Kier molecular flexibility index (Phi) is 5.61. The van der Waals surface area contributed by atoms with Crippen LogP contribution >= 0.6 is 0 Å². The molecule has 2 fully saturated rings. The molecule has 0 saturated carbocycles. The summed E-state index contributed by atoms with van der Waals surface area (Å²) in [5.74, 6) is 0.559. The number of aryl methyl sites for hydroxylation is 1. The van der Waals surface area contributed by atoms with Gasteiger partial charge in [-0.15, -0.1) is 10.2 Å². The zero-order valence-electron chi connectivity index (χ0n) is 16.0. The van der Waals surface area contributed by atoms with Crippen molar-refractivity contribution in [3.05, 3.63) is 5.82 Å². The molecule has 27 heavy (non-hydrogen) atoms. The van der Waals surface area contributed by atoms with Crippen molar-refractivity contribution in [1.82, 2.24) is 25.1 Å². The van der Waals surface area contributed by atoms with E-state index >= 15 is 0 Å². The number of ether oxygens (including phenoxy) is 1. The van der Waals surface area contributed by atoms with Crippen LogP contribution in [0.4, 0.5) is 0 Å². The van der Waals surface area contributed by atoms with E-state index in [1.165, 1.54) is 0 Å². The summed E-state index contributed by atoms with van der Waals surface area (Å²) in [6.07, 6.45) is 1.04. The molecule has 11 heteroatoms. The standard InChI is InChI=1S/C16H26N6O4S/c1-12(2)15(24)21-6-7-26-16(11-21)4-8-27(25,9-5-16)19-14(23)10-22-18-13(3)17-20-22/h12H,4-11H2,1-3H3. The number of rotatable bonds is 3. The molecule has 1 aromatic heterocycles. The third-order valence-corrected chi connectivity index (χ3v) is 7.13. The molecule has 0 aromatic carbocycles. The highest BCUT2D eigenvalue weighted by molar-refractivity contribution is 7.93. The van der Waals surface area contributed by atoms with Gasteiger partial charge in [-0.2, -0.15) is 9.16 Å². The lowest BCUT2D eigenvalue weighted by Crippen LogP contribution is -2.57. The third-order valence-electron chi connectivity index (χ3n) is 4.91. The molecule has 3 rings (SSSR count). The molecule has 0 atom stereocenters. The molecule has 10 nitrogen and oxygen atoms in total. The predicted molar refractivity (Wildman–Crippen MR) is 97.2 cm³/mol. The minimum Gasteiger partial charge on any atom is -0.371 e. The van der Waals surface area contributed by atoms with Gasteiger partial charge in [0.05, 0.1) is 21.9 Å². The molecule has 0 N–H and O–H groups in total. The van der Waals surface area contributed by atoms with Crippen LogP contribution in [0.3, 0.4) is 0 Å².